The van der Waals surface area contributed by atoms with Gasteiger partial charge in [-0.2, -0.15) is 13.2 Å². The number of nitrogens with zero attached hydrogens (tertiary/aromatic N) is 2. The maximum absolute atomic E-state index is 12.7. The minimum atomic E-state index is -4.63. The van der Waals surface area contributed by atoms with Gasteiger partial charge in [-0.3, -0.25) is 4.40 Å². The Hall–Kier alpha value is -2.25. The SMILES string of the molecule is Nc1c(C(=O)O)nc2cccc(C(F)(F)F)n12. The van der Waals surface area contributed by atoms with E-state index in [1.165, 1.54) is 6.07 Å². The summed E-state index contributed by atoms with van der Waals surface area (Å²) in [6.07, 6.45) is -4.63. The number of imidazole rings is 1. The molecule has 0 aromatic carbocycles. The highest BCUT2D eigenvalue weighted by molar-refractivity contribution is 5.92. The molecule has 17 heavy (non-hydrogen) atoms. The predicted molar refractivity (Wildman–Crippen MR) is 51.6 cm³/mol. The number of pyridine rings is 1. The quantitative estimate of drug-likeness (QED) is 0.800. The van der Waals surface area contributed by atoms with Gasteiger partial charge < -0.3 is 10.8 Å². The number of nitrogen functional groups attached to an aromatic ring is 1. The number of anilines is 1. The smallest absolute Gasteiger partial charge is 0.431 e. The summed E-state index contributed by atoms with van der Waals surface area (Å²) in [5, 5.41) is 8.72. The Kier molecular flexibility index (Phi) is 2.23. The molecule has 0 spiro atoms. The number of halogens is 3. The van der Waals surface area contributed by atoms with Crippen LogP contribution < -0.4 is 5.73 Å². The van der Waals surface area contributed by atoms with Crippen LogP contribution in [0.1, 0.15) is 16.2 Å². The number of nitrogens with two attached hydrogens (primary N) is 1. The summed E-state index contributed by atoms with van der Waals surface area (Å²) in [6, 6.07) is 3.19. The van der Waals surface area contributed by atoms with Crippen LogP contribution in [0.15, 0.2) is 18.2 Å². The Morgan fingerprint density at radius 2 is 2.06 bits per heavy atom. The lowest BCUT2D eigenvalue weighted by Gasteiger charge is -2.09. The van der Waals surface area contributed by atoms with E-state index in [4.69, 9.17) is 10.8 Å². The van der Waals surface area contributed by atoms with Gasteiger partial charge in [-0.05, 0) is 12.1 Å². The number of carboxylic acid groups (broad SMARTS) is 1. The van der Waals surface area contributed by atoms with Crippen molar-refractivity contribution in [1.82, 2.24) is 9.38 Å². The van der Waals surface area contributed by atoms with E-state index in [2.05, 4.69) is 4.98 Å². The van der Waals surface area contributed by atoms with Gasteiger partial charge in [0.1, 0.15) is 17.2 Å². The zero-order valence-corrected chi connectivity index (χ0v) is 8.19. The van der Waals surface area contributed by atoms with Crippen molar-refractivity contribution in [2.75, 3.05) is 5.73 Å². The Morgan fingerprint density at radius 3 is 2.59 bits per heavy atom. The Morgan fingerprint density at radius 1 is 1.41 bits per heavy atom. The van der Waals surface area contributed by atoms with Crippen LogP contribution in [0.4, 0.5) is 19.0 Å². The third-order valence-corrected chi connectivity index (χ3v) is 2.17. The van der Waals surface area contributed by atoms with Crippen LogP contribution in [0.2, 0.25) is 0 Å². The summed E-state index contributed by atoms with van der Waals surface area (Å²) < 4.78 is 38.5. The van der Waals surface area contributed by atoms with Gasteiger partial charge in [0.2, 0.25) is 0 Å². The lowest BCUT2D eigenvalue weighted by molar-refractivity contribution is -0.141. The van der Waals surface area contributed by atoms with Crippen LogP contribution in [0.25, 0.3) is 5.65 Å². The number of rotatable bonds is 1. The fourth-order valence-electron chi connectivity index (χ4n) is 1.49. The third-order valence-electron chi connectivity index (χ3n) is 2.17. The molecule has 0 bridgehead atoms. The minimum Gasteiger partial charge on any atom is -0.476 e. The second-order valence-electron chi connectivity index (χ2n) is 3.25. The third kappa shape index (κ3) is 1.67. The van der Waals surface area contributed by atoms with Crippen LogP contribution in [-0.2, 0) is 6.18 Å². The fourth-order valence-corrected chi connectivity index (χ4v) is 1.49. The van der Waals surface area contributed by atoms with Gasteiger partial charge in [-0.15, -0.1) is 0 Å². The molecule has 5 nitrogen and oxygen atoms in total. The van der Waals surface area contributed by atoms with Crippen molar-refractivity contribution in [1.29, 1.82) is 0 Å². The molecule has 90 valence electrons. The van der Waals surface area contributed by atoms with Crippen LogP contribution in [0.5, 0.6) is 0 Å². The van der Waals surface area contributed by atoms with Crippen molar-refractivity contribution in [3.8, 4) is 0 Å². The van der Waals surface area contributed by atoms with E-state index in [1.54, 1.807) is 0 Å². The highest BCUT2D eigenvalue weighted by Gasteiger charge is 2.35. The molecule has 0 aliphatic heterocycles. The van der Waals surface area contributed by atoms with Crippen LogP contribution in [-0.4, -0.2) is 20.5 Å². The van der Waals surface area contributed by atoms with Crippen molar-refractivity contribution in [2.24, 2.45) is 0 Å². The minimum absolute atomic E-state index is 0.158. The second-order valence-corrected chi connectivity index (χ2v) is 3.25. The Balaban J connectivity index is 2.85. The zero-order valence-electron chi connectivity index (χ0n) is 8.19. The lowest BCUT2D eigenvalue weighted by Crippen LogP contribution is -2.13. The number of aromatic nitrogens is 2. The van der Waals surface area contributed by atoms with Gasteiger partial charge in [0.25, 0.3) is 0 Å². The van der Waals surface area contributed by atoms with E-state index < -0.39 is 29.4 Å². The first-order chi connectivity index (χ1) is 7.82. The summed E-state index contributed by atoms with van der Waals surface area (Å²) in [5.74, 6) is -2.01. The van der Waals surface area contributed by atoms with E-state index in [-0.39, 0.29) is 5.65 Å². The van der Waals surface area contributed by atoms with Crippen molar-refractivity contribution < 1.29 is 23.1 Å². The normalized spacial score (nSPS) is 11.9. The van der Waals surface area contributed by atoms with Crippen molar-refractivity contribution in [3.05, 3.63) is 29.6 Å². The molecule has 0 radical (unpaired) electrons. The number of carbonyl (C=O) groups is 1. The first kappa shape index (κ1) is 11.2. The number of carboxylic acids is 1. The van der Waals surface area contributed by atoms with Gasteiger partial charge in [0.15, 0.2) is 5.69 Å². The molecule has 0 unspecified atom stereocenters. The van der Waals surface area contributed by atoms with Crippen molar-refractivity contribution in [3.63, 3.8) is 0 Å². The summed E-state index contributed by atoms with van der Waals surface area (Å²) in [4.78, 5) is 14.2. The average molecular weight is 245 g/mol. The summed E-state index contributed by atoms with van der Waals surface area (Å²) in [5.41, 5.74) is 3.54. The molecule has 0 fully saturated rings. The maximum Gasteiger partial charge on any atom is 0.431 e. The molecule has 0 atom stereocenters. The molecule has 2 rings (SSSR count). The van der Waals surface area contributed by atoms with Crippen molar-refractivity contribution >= 4 is 17.4 Å². The van der Waals surface area contributed by atoms with Crippen LogP contribution in [0, 0.1) is 0 Å². The molecule has 0 saturated heterocycles. The van der Waals surface area contributed by atoms with E-state index in [9.17, 15) is 18.0 Å². The first-order valence-electron chi connectivity index (χ1n) is 4.40. The largest absolute Gasteiger partial charge is 0.476 e. The highest BCUT2D eigenvalue weighted by atomic mass is 19.4. The molecule has 2 heterocycles. The van der Waals surface area contributed by atoms with E-state index >= 15 is 0 Å². The predicted octanol–water partition coefficient (Wildman–Crippen LogP) is 1.63. The average Bonchev–Trinajstić information content (AvgIpc) is 2.55. The molecule has 0 amide bonds. The summed E-state index contributed by atoms with van der Waals surface area (Å²) >= 11 is 0. The number of aromatic carboxylic acids is 1. The molecule has 0 saturated carbocycles. The second kappa shape index (κ2) is 3.37. The Bertz CT molecular complexity index is 603. The molecule has 0 aliphatic carbocycles. The van der Waals surface area contributed by atoms with Gasteiger partial charge in [0, 0.05) is 0 Å². The van der Waals surface area contributed by atoms with Gasteiger partial charge in [-0.25, -0.2) is 9.78 Å². The number of hydrogen-bond donors (Lipinski definition) is 2. The Labute approximate surface area is 92.3 Å². The van der Waals surface area contributed by atoms with E-state index in [1.807, 2.05) is 0 Å². The molecule has 2 aromatic rings. The lowest BCUT2D eigenvalue weighted by atomic mass is 10.3. The molecule has 2 aromatic heterocycles. The van der Waals surface area contributed by atoms with E-state index in [0.717, 1.165) is 12.1 Å². The summed E-state index contributed by atoms with van der Waals surface area (Å²) in [6.45, 7) is 0. The topological polar surface area (TPSA) is 80.6 Å². The monoisotopic (exact) mass is 245 g/mol. The standard InChI is InChI=1S/C9H6F3N3O2/c10-9(11,12)4-2-1-3-5-14-6(8(16)17)7(13)15(4)5/h1-3H,13H2,(H,16,17). The fraction of sp³-hybridized carbons (Fsp3) is 0.111. The number of hydrogen-bond acceptors (Lipinski definition) is 3. The van der Waals surface area contributed by atoms with Crippen molar-refractivity contribution in [2.45, 2.75) is 6.18 Å². The van der Waals surface area contributed by atoms with Crippen LogP contribution in [0.3, 0.4) is 0 Å². The maximum atomic E-state index is 12.7. The number of fused-ring (bicyclic) bond motifs is 1. The zero-order chi connectivity index (χ0) is 12.8. The van der Waals surface area contributed by atoms with Gasteiger partial charge in [0.05, 0.1) is 0 Å². The van der Waals surface area contributed by atoms with E-state index in [0.29, 0.717) is 4.40 Å². The molecule has 8 heteroatoms. The molecular weight excluding hydrogens is 239 g/mol. The molecular formula is C9H6F3N3O2. The highest BCUT2D eigenvalue weighted by Crippen LogP contribution is 2.31. The van der Waals surface area contributed by atoms with Gasteiger partial charge >= 0.3 is 12.1 Å². The molecule has 0 aliphatic rings. The number of alkyl halides is 3. The van der Waals surface area contributed by atoms with Crippen LogP contribution >= 0.6 is 0 Å². The first-order valence-corrected chi connectivity index (χ1v) is 4.40. The molecule has 3 N–H and O–H groups in total. The van der Waals surface area contributed by atoms with Gasteiger partial charge in [-0.1, -0.05) is 6.07 Å². The summed E-state index contributed by atoms with van der Waals surface area (Å²) in [7, 11) is 0.